The fourth-order valence-electron chi connectivity index (χ4n) is 5.04. The molecule has 1 amide bonds. The maximum atomic E-state index is 13.1. The molecule has 1 heterocycles. The van der Waals surface area contributed by atoms with Crippen molar-refractivity contribution >= 4 is 17.6 Å². The number of amides is 1. The topological polar surface area (TPSA) is 91.1 Å². The minimum absolute atomic E-state index is 0.00228. The van der Waals surface area contributed by atoms with Crippen LogP contribution in [-0.2, 0) is 4.74 Å². The number of ether oxygens (including phenoxy) is 3. The third-order valence-electron chi connectivity index (χ3n) is 6.98. The molecule has 7 heteroatoms. The number of ketones is 1. The van der Waals surface area contributed by atoms with E-state index >= 15 is 0 Å². The van der Waals surface area contributed by atoms with Gasteiger partial charge in [0.2, 0.25) is 6.79 Å². The normalized spacial score (nSPS) is 15.4. The number of carbonyl (C=O) groups is 2. The molecule has 7 nitrogen and oxygen atoms in total. The van der Waals surface area contributed by atoms with Crippen molar-refractivity contribution in [1.82, 2.24) is 4.90 Å². The number of Topliss-reactive ketones (excluding diaryl/α,β-unsaturated/α-hetero) is 1. The Bertz CT molecular complexity index is 1270. The SMILES string of the molecule is Nc1cc2c(cc1C(=O)CCN(C(=O)OCC1c3ccccc3-c3ccccc31)C1CC1)OCO2. The quantitative estimate of drug-likeness (QED) is 0.387. The average molecular weight is 471 g/mol. The molecule has 3 aromatic carbocycles. The second kappa shape index (κ2) is 8.65. The summed E-state index contributed by atoms with van der Waals surface area (Å²) in [5.74, 6) is 0.913. The molecule has 1 aliphatic heterocycles. The highest BCUT2D eigenvalue weighted by molar-refractivity contribution is 6.01. The van der Waals surface area contributed by atoms with Crippen molar-refractivity contribution in [1.29, 1.82) is 0 Å². The summed E-state index contributed by atoms with van der Waals surface area (Å²) in [6, 6.07) is 19.9. The molecule has 0 aromatic heterocycles. The van der Waals surface area contributed by atoms with Gasteiger partial charge < -0.3 is 24.8 Å². The summed E-state index contributed by atoms with van der Waals surface area (Å²) in [6.45, 7) is 0.664. The Morgan fingerprint density at radius 2 is 1.57 bits per heavy atom. The van der Waals surface area contributed by atoms with Crippen LogP contribution < -0.4 is 15.2 Å². The molecule has 35 heavy (non-hydrogen) atoms. The Labute approximate surface area is 203 Å². The maximum Gasteiger partial charge on any atom is 0.410 e. The minimum Gasteiger partial charge on any atom is -0.454 e. The van der Waals surface area contributed by atoms with Gasteiger partial charge in [-0.15, -0.1) is 0 Å². The maximum absolute atomic E-state index is 13.1. The van der Waals surface area contributed by atoms with Crippen molar-refractivity contribution in [3.63, 3.8) is 0 Å². The van der Waals surface area contributed by atoms with Gasteiger partial charge in [0.1, 0.15) is 6.61 Å². The molecule has 0 saturated heterocycles. The summed E-state index contributed by atoms with van der Waals surface area (Å²) in [4.78, 5) is 27.7. The zero-order valence-electron chi connectivity index (χ0n) is 19.2. The zero-order valence-corrected chi connectivity index (χ0v) is 19.2. The first-order valence-electron chi connectivity index (χ1n) is 11.9. The van der Waals surface area contributed by atoms with E-state index in [0.29, 0.717) is 22.7 Å². The monoisotopic (exact) mass is 470 g/mol. The van der Waals surface area contributed by atoms with Crippen molar-refractivity contribution in [2.24, 2.45) is 0 Å². The van der Waals surface area contributed by atoms with Gasteiger partial charge in [0, 0.05) is 42.2 Å². The Balaban J connectivity index is 1.13. The van der Waals surface area contributed by atoms with E-state index in [9.17, 15) is 9.59 Å². The van der Waals surface area contributed by atoms with Gasteiger partial charge in [-0.3, -0.25) is 4.79 Å². The van der Waals surface area contributed by atoms with E-state index in [2.05, 4.69) is 24.3 Å². The molecular formula is C28H26N2O5. The lowest BCUT2D eigenvalue weighted by atomic mass is 9.98. The van der Waals surface area contributed by atoms with Crippen LogP contribution in [0, 0.1) is 0 Å². The van der Waals surface area contributed by atoms with Crippen LogP contribution in [0.4, 0.5) is 10.5 Å². The third kappa shape index (κ3) is 3.97. The van der Waals surface area contributed by atoms with E-state index in [1.165, 1.54) is 22.3 Å². The lowest BCUT2D eigenvalue weighted by molar-refractivity contribution is 0.0886. The molecule has 178 valence electrons. The van der Waals surface area contributed by atoms with Gasteiger partial charge in [-0.25, -0.2) is 4.79 Å². The zero-order chi connectivity index (χ0) is 23.9. The summed E-state index contributed by atoms with van der Waals surface area (Å²) in [7, 11) is 0. The van der Waals surface area contributed by atoms with Crippen LogP contribution in [0.15, 0.2) is 60.7 Å². The van der Waals surface area contributed by atoms with Crippen molar-refractivity contribution < 1.29 is 23.8 Å². The molecule has 1 saturated carbocycles. The van der Waals surface area contributed by atoms with Crippen LogP contribution in [0.3, 0.4) is 0 Å². The second-order valence-electron chi connectivity index (χ2n) is 9.19. The van der Waals surface area contributed by atoms with Crippen LogP contribution in [-0.4, -0.2) is 42.8 Å². The van der Waals surface area contributed by atoms with Crippen LogP contribution >= 0.6 is 0 Å². The van der Waals surface area contributed by atoms with Crippen molar-refractivity contribution in [3.05, 3.63) is 77.4 Å². The Morgan fingerprint density at radius 1 is 0.943 bits per heavy atom. The number of benzene rings is 3. The molecular weight excluding hydrogens is 444 g/mol. The standard InChI is InChI=1S/C28H26N2O5/c29-24-14-27-26(34-16-35-27)13-22(24)25(31)11-12-30(17-9-10-17)28(32)33-15-23-20-7-3-1-5-18(20)19-6-2-4-8-21(19)23/h1-8,13-14,17,23H,9-12,15-16,29H2. The number of rotatable bonds is 7. The number of hydrogen-bond donors (Lipinski definition) is 1. The van der Waals surface area contributed by atoms with Gasteiger partial charge in [-0.2, -0.15) is 0 Å². The van der Waals surface area contributed by atoms with Crippen LogP contribution in [0.2, 0.25) is 0 Å². The molecule has 0 spiro atoms. The number of nitrogen functional groups attached to an aromatic ring is 1. The molecule has 0 bridgehead atoms. The summed E-state index contributed by atoms with van der Waals surface area (Å²) in [5, 5.41) is 0. The predicted octanol–water partition coefficient (Wildman–Crippen LogP) is 4.98. The van der Waals surface area contributed by atoms with Gasteiger partial charge in [0.05, 0.1) is 0 Å². The first-order chi connectivity index (χ1) is 17.1. The first kappa shape index (κ1) is 21.5. The number of carbonyl (C=O) groups excluding carboxylic acids is 2. The van der Waals surface area contributed by atoms with E-state index in [-0.39, 0.29) is 50.2 Å². The smallest absolute Gasteiger partial charge is 0.410 e. The molecule has 2 aliphatic carbocycles. The molecule has 2 N–H and O–H groups in total. The highest BCUT2D eigenvalue weighted by atomic mass is 16.7. The molecule has 0 unspecified atom stereocenters. The fourth-order valence-corrected chi connectivity index (χ4v) is 5.04. The van der Waals surface area contributed by atoms with Crippen LogP contribution in [0.5, 0.6) is 11.5 Å². The lowest BCUT2D eigenvalue weighted by Crippen LogP contribution is -2.36. The van der Waals surface area contributed by atoms with Gasteiger partial charge >= 0.3 is 6.09 Å². The highest BCUT2D eigenvalue weighted by Crippen LogP contribution is 2.44. The van der Waals surface area contributed by atoms with E-state index in [1.54, 1.807) is 17.0 Å². The van der Waals surface area contributed by atoms with Gasteiger partial charge in [0.15, 0.2) is 17.3 Å². The minimum atomic E-state index is -0.374. The number of nitrogens with zero attached hydrogens (tertiary/aromatic N) is 1. The second-order valence-corrected chi connectivity index (χ2v) is 9.19. The van der Waals surface area contributed by atoms with Gasteiger partial charge in [-0.05, 0) is 41.2 Å². The van der Waals surface area contributed by atoms with E-state index in [1.807, 2.05) is 24.3 Å². The summed E-state index contributed by atoms with van der Waals surface area (Å²) < 4.78 is 16.5. The predicted molar refractivity (Wildman–Crippen MR) is 131 cm³/mol. The molecule has 1 fully saturated rings. The Morgan fingerprint density at radius 3 is 2.23 bits per heavy atom. The molecule has 0 atom stereocenters. The summed E-state index contributed by atoms with van der Waals surface area (Å²) >= 11 is 0. The van der Waals surface area contributed by atoms with Crippen molar-refractivity contribution in [2.75, 3.05) is 25.7 Å². The largest absolute Gasteiger partial charge is 0.454 e. The third-order valence-corrected chi connectivity index (χ3v) is 6.98. The summed E-state index contributed by atoms with van der Waals surface area (Å²) in [5.41, 5.74) is 11.5. The van der Waals surface area contributed by atoms with Gasteiger partial charge in [-0.1, -0.05) is 48.5 Å². The van der Waals surface area contributed by atoms with E-state index < -0.39 is 0 Å². The van der Waals surface area contributed by atoms with E-state index in [0.717, 1.165) is 12.8 Å². The molecule has 6 rings (SSSR count). The number of hydrogen-bond acceptors (Lipinski definition) is 6. The van der Waals surface area contributed by atoms with Crippen molar-refractivity contribution in [3.8, 4) is 22.6 Å². The van der Waals surface area contributed by atoms with Crippen LogP contribution in [0.25, 0.3) is 11.1 Å². The highest BCUT2D eigenvalue weighted by Gasteiger charge is 2.35. The Kier molecular flexibility index (Phi) is 5.32. The number of anilines is 1. The molecule has 3 aromatic rings. The Hall–Kier alpha value is -4.00. The fraction of sp³-hybridized carbons (Fsp3) is 0.286. The number of fused-ring (bicyclic) bond motifs is 4. The number of nitrogens with two attached hydrogens (primary N) is 1. The molecule has 0 radical (unpaired) electrons. The average Bonchev–Trinajstić information content (AvgIpc) is 3.52. The molecule has 3 aliphatic rings. The lowest BCUT2D eigenvalue weighted by Gasteiger charge is -2.23. The van der Waals surface area contributed by atoms with E-state index in [4.69, 9.17) is 19.9 Å². The van der Waals surface area contributed by atoms with Crippen LogP contribution in [0.1, 0.15) is 46.7 Å². The first-order valence-corrected chi connectivity index (χ1v) is 11.9. The van der Waals surface area contributed by atoms with Crippen molar-refractivity contribution in [2.45, 2.75) is 31.2 Å². The van der Waals surface area contributed by atoms with Gasteiger partial charge in [0.25, 0.3) is 0 Å². The summed E-state index contributed by atoms with van der Waals surface area (Å²) in [6.07, 6.45) is 1.63.